The number of fused-ring (bicyclic) bond motifs is 7. The third-order valence-corrected chi connectivity index (χ3v) is 8.97. The summed E-state index contributed by atoms with van der Waals surface area (Å²) < 4.78 is 12.9. The van der Waals surface area contributed by atoms with Gasteiger partial charge in [-0.05, 0) is 40.6 Å². The molecule has 0 N–H and O–H groups in total. The van der Waals surface area contributed by atoms with Gasteiger partial charge in [-0.25, -0.2) is 15.0 Å². The number of nitrogens with zero attached hydrogens (tertiary/aromatic N) is 4. The highest BCUT2D eigenvalue weighted by atomic mass is 16.3. The Balaban J connectivity index is 1.30. The molecule has 6 aromatic carbocycles. The van der Waals surface area contributed by atoms with Crippen LogP contribution in [0.15, 0.2) is 155 Å². The van der Waals surface area contributed by atoms with E-state index in [2.05, 4.69) is 48.5 Å². The zero-order valence-electron chi connectivity index (χ0n) is 25.5. The normalized spacial score (nSPS) is 11.8. The molecule has 6 nitrogen and oxygen atoms in total. The minimum atomic E-state index is 0.462. The second-order valence-corrected chi connectivity index (χ2v) is 11.8. The fourth-order valence-electron chi connectivity index (χ4n) is 6.73. The zero-order valence-corrected chi connectivity index (χ0v) is 25.5. The van der Waals surface area contributed by atoms with Crippen LogP contribution in [0.3, 0.4) is 0 Å². The molecule has 0 unspecified atom stereocenters. The van der Waals surface area contributed by atoms with E-state index >= 15 is 0 Å². The molecule has 0 bridgehead atoms. The van der Waals surface area contributed by atoms with E-state index in [0.29, 0.717) is 23.2 Å². The van der Waals surface area contributed by atoms with Crippen LogP contribution in [-0.2, 0) is 0 Å². The molecule has 0 fully saturated rings. The molecule has 48 heavy (non-hydrogen) atoms. The highest BCUT2D eigenvalue weighted by Gasteiger charge is 2.23. The number of aromatic nitrogens is 4. The Morgan fingerprint density at radius 2 is 1.08 bits per heavy atom. The molecule has 0 spiro atoms. The van der Waals surface area contributed by atoms with E-state index in [1.165, 1.54) is 0 Å². The lowest BCUT2D eigenvalue weighted by atomic mass is 10.0. The first kappa shape index (κ1) is 26.5. The van der Waals surface area contributed by atoms with Gasteiger partial charge in [0.1, 0.15) is 28.0 Å². The molecule has 0 aliphatic carbocycles. The summed E-state index contributed by atoms with van der Waals surface area (Å²) in [7, 11) is 0. The summed E-state index contributed by atoms with van der Waals surface area (Å²) in [6.45, 7) is 0. The maximum atomic E-state index is 6.71. The molecule has 0 aliphatic rings. The predicted octanol–water partition coefficient (Wildman–Crippen LogP) is 10.9. The van der Waals surface area contributed by atoms with E-state index in [1.807, 2.05) is 97.2 Å². The lowest BCUT2D eigenvalue weighted by Crippen LogP contribution is -2.02. The average Bonchev–Trinajstić information content (AvgIpc) is 3.72. The molecule has 10 rings (SSSR count). The van der Waals surface area contributed by atoms with Crippen LogP contribution in [0, 0.1) is 0 Å². The molecule has 6 heteroatoms. The van der Waals surface area contributed by atoms with E-state index in [-0.39, 0.29) is 0 Å². The lowest BCUT2D eigenvalue weighted by molar-refractivity contribution is 0.669. The van der Waals surface area contributed by atoms with Crippen molar-refractivity contribution < 1.29 is 8.83 Å². The molecule has 0 aliphatic heterocycles. The van der Waals surface area contributed by atoms with E-state index in [9.17, 15) is 0 Å². The Bertz CT molecular complexity index is 2840. The topological polar surface area (TPSA) is 77.8 Å². The monoisotopic (exact) mass is 616 g/mol. The fraction of sp³-hybridized carbons (Fsp3) is 0. The second-order valence-electron chi connectivity index (χ2n) is 11.8. The van der Waals surface area contributed by atoms with Crippen LogP contribution in [0.4, 0.5) is 0 Å². The van der Waals surface area contributed by atoms with Crippen LogP contribution in [0.5, 0.6) is 0 Å². The van der Waals surface area contributed by atoms with Gasteiger partial charge in [-0.1, -0.05) is 115 Å². The Hall–Kier alpha value is -6.66. The second kappa shape index (κ2) is 10.4. The number of furan rings is 2. The van der Waals surface area contributed by atoms with Gasteiger partial charge in [0.2, 0.25) is 0 Å². The number of hydrogen-bond acceptors (Lipinski definition) is 6. The Morgan fingerprint density at radius 1 is 0.417 bits per heavy atom. The fourth-order valence-corrected chi connectivity index (χ4v) is 6.73. The molecule has 0 amide bonds. The van der Waals surface area contributed by atoms with E-state index < -0.39 is 0 Å². The summed E-state index contributed by atoms with van der Waals surface area (Å²) in [5.41, 5.74) is 7.40. The largest absolute Gasteiger partial charge is 0.456 e. The summed E-state index contributed by atoms with van der Waals surface area (Å²) >= 11 is 0. The molecule has 0 atom stereocenters. The zero-order chi connectivity index (χ0) is 31.6. The summed E-state index contributed by atoms with van der Waals surface area (Å²) in [4.78, 5) is 20.4. The van der Waals surface area contributed by atoms with Gasteiger partial charge in [0.25, 0.3) is 0 Å². The van der Waals surface area contributed by atoms with Crippen molar-refractivity contribution in [3.63, 3.8) is 0 Å². The van der Waals surface area contributed by atoms with Crippen molar-refractivity contribution in [3.05, 3.63) is 146 Å². The third kappa shape index (κ3) is 4.13. The molecular formula is C42H24N4O2. The maximum absolute atomic E-state index is 6.71. The Kier molecular flexibility index (Phi) is 5.77. The number of rotatable bonds is 4. The highest BCUT2D eigenvalue weighted by Crippen LogP contribution is 2.42. The van der Waals surface area contributed by atoms with Crippen LogP contribution in [0.25, 0.3) is 100 Å². The average molecular weight is 617 g/mol. The van der Waals surface area contributed by atoms with E-state index in [4.69, 9.17) is 28.8 Å². The van der Waals surface area contributed by atoms with Gasteiger partial charge < -0.3 is 8.83 Å². The molecular weight excluding hydrogens is 592 g/mol. The van der Waals surface area contributed by atoms with Crippen molar-refractivity contribution in [2.45, 2.75) is 0 Å². The minimum Gasteiger partial charge on any atom is -0.456 e. The highest BCUT2D eigenvalue weighted by molar-refractivity contribution is 6.17. The summed E-state index contributed by atoms with van der Waals surface area (Å²) in [6.07, 6.45) is 1.87. The number of pyridine rings is 1. The molecule has 224 valence electrons. The van der Waals surface area contributed by atoms with Crippen molar-refractivity contribution in [2.24, 2.45) is 0 Å². The summed E-state index contributed by atoms with van der Waals surface area (Å²) in [5, 5.41) is 6.00. The molecule has 10 aromatic rings. The van der Waals surface area contributed by atoms with Crippen molar-refractivity contribution in [1.29, 1.82) is 0 Å². The first-order valence-corrected chi connectivity index (χ1v) is 15.8. The molecule has 4 heterocycles. The third-order valence-electron chi connectivity index (χ3n) is 8.97. The van der Waals surface area contributed by atoms with Gasteiger partial charge in [-0.3, -0.25) is 4.98 Å². The number of benzene rings is 6. The SMILES string of the molecule is c1ccc(-c2nc(-c3cccc4oc5ccccc5c34)nc(-c3ncc(-c4ccccc4)c4oc5cc6ccccc6cc5c34)n2)cc1. The Morgan fingerprint density at radius 3 is 1.92 bits per heavy atom. The summed E-state index contributed by atoms with van der Waals surface area (Å²) in [6, 6.07) is 46.8. The number of para-hydroxylation sites is 1. The van der Waals surface area contributed by atoms with Crippen molar-refractivity contribution >= 4 is 54.6 Å². The van der Waals surface area contributed by atoms with Crippen LogP contribution in [0.1, 0.15) is 0 Å². The summed E-state index contributed by atoms with van der Waals surface area (Å²) in [5.74, 6) is 1.56. The van der Waals surface area contributed by atoms with Crippen molar-refractivity contribution in [2.75, 3.05) is 0 Å². The van der Waals surface area contributed by atoms with Gasteiger partial charge in [-0.2, -0.15) is 0 Å². The van der Waals surface area contributed by atoms with Gasteiger partial charge in [0.15, 0.2) is 17.5 Å². The quantitative estimate of drug-likeness (QED) is 0.196. The van der Waals surface area contributed by atoms with Crippen LogP contribution < -0.4 is 0 Å². The van der Waals surface area contributed by atoms with Crippen molar-refractivity contribution in [3.8, 4) is 45.4 Å². The first-order valence-electron chi connectivity index (χ1n) is 15.8. The molecule has 0 saturated carbocycles. The maximum Gasteiger partial charge on any atom is 0.183 e. The van der Waals surface area contributed by atoms with Crippen molar-refractivity contribution in [1.82, 2.24) is 19.9 Å². The Labute approximate surface area is 274 Å². The first-order chi connectivity index (χ1) is 23.8. The predicted molar refractivity (Wildman–Crippen MR) is 191 cm³/mol. The van der Waals surface area contributed by atoms with E-state index in [0.717, 1.165) is 76.9 Å². The van der Waals surface area contributed by atoms with Gasteiger partial charge in [0.05, 0.1) is 5.39 Å². The molecule has 0 saturated heterocycles. The molecule has 0 radical (unpaired) electrons. The van der Waals surface area contributed by atoms with Crippen LogP contribution in [-0.4, -0.2) is 19.9 Å². The smallest absolute Gasteiger partial charge is 0.183 e. The number of hydrogen-bond donors (Lipinski definition) is 0. The van der Waals surface area contributed by atoms with Crippen LogP contribution in [0.2, 0.25) is 0 Å². The van der Waals surface area contributed by atoms with Crippen LogP contribution >= 0.6 is 0 Å². The van der Waals surface area contributed by atoms with Gasteiger partial charge in [-0.15, -0.1) is 0 Å². The van der Waals surface area contributed by atoms with E-state index in [1.54, 1.807) is 0 Å². The molecule has 4 aromatic heterocycles. The standard InChI is InChI=1S/C42H24N4O2/c1-3-12-25(13-4-1)32-24-43-38(37-31-22-27-16-7-8-17-28(27)23-35(31)48-39(32)37)42-45-40(26-14-5-2-6-15-26)44-41(46-42)30-19-11-21-34-36(30)29-18-9-10-20-33(29)47-34/h1-24H. The van der Waals surface area contributed by atoms with Gasteiger partial charge >= 0.3 is 0 Å². The van der Waals surface area contributed by atoms with Gasteiger partial charge in [0, 0.05) is 39.0 Å². The minimum absolute atomic E-state index is 0.462. The lowest BCUT2D eigenvalue weighted by Gasteiger charge is -2.10.